The van der Waals surface area contributed by atoms with Crippen molar-refractivity contribution in [1.82, 2.24) is 15.5 Å². The lowest BCUT2D eigenvalue weighted by Crippen LogP contribution is -2.25. The highest BCUT2D eigenvalue weighted by atomic mass is 15.1. The summed E-state index contributed by atoms with van der Waals surface area (Å²) in [5, 5.41) is 12.3. The summed E-state index contributed by atoms with van der Waals surface area (Å²) < 4.78 is 0. The van der Waals surface area contributed by atoms with Crippen molar-refractivity contribution in [2.75, 3.05) is 6.54 Å². The highest BCUT2D eigenvalue weighted by molar-refractivity contribution is 5.36. The van der Waals surface area contributed by atoms with Crippen LogP contribution < -0.4 is 5.32 Å². The summed E-state index contributed by atoms with van der Waals surface area (Å²) in [5.41, 5.74) is 5.89. The molecule has 0 spiro atoms. The van der Waals surface area contributed by atoms with Gasteiger partial charge in [-0.05, 0) is 50.4 Å². The molecule has 2 rings (SSSR count). The van der Waals surface area contributed by atoms with Crippen LogP contribution in [-0.2, 0) is 6.42 Å². The largest absolute Gasteiger partial charge is 0.306 e. The zero-order valence-electron chi connectivity index (χ0n) is 13.5. The van der Waals surface area contributed by atoms with E-state index in [2.05, 4.69) is 66.6 Å². The van der Waals surface area contributed by atoms with E-state index in [4.69, 9.17) is 0 Å². The minimum absolute atomic E-state index is 0.189. The van der Waals surface area contributed by atoms with E-state index in [-0.39, 0.29) is 6.04 Å². The van der Waals surface area contributed by atoms with Crippen molar-refractivity contribution in [2.24, 2.45) is 0 Å². The van der Waals surface area contributed by atoms with Gasteiger partial charge in [-0.3, -0.25) is 0 Å². The quantitative estimate of drug-likeness (QED) is 0.877. The smallest absolute Gasteiger partial charge is 0.0679 e. The van der Waals surface area contributed by atoms with E-state index in [9.17, 15) is 0 Å². The Balaban J connectivity index is 2.47. The van der Waals surface area contributed by atoms with Gasteiger partial charge >= 0.3 is 0 Å². The number of hydrogen-bond acceptors (Lipinski definition) is 3. The molecule has 112 valence electrons. The van der Waals surface area contributed by atoms with Crippen molar-refractivity contribution in [1.29, 1.82) is 0 Å². The molecule has 0 saturated heterocycles. The van der Waals surface area contributed by atoms with Crippen molar-refractivity contribution in [2.45, 2.75) is 46.6 Å². The average molecular weight is 283 g/mol. The first-order valence-electron chi connectivity index (χ1n) is 7.78. The standard InChI is InChI=1S/C18H25N3/c1-5-10-19-18(15-9-7-8-13(3)11-15)16-12-14(4)20-21-17(16)6-2/h7-9,11-12,18-19H,5-6,10H2,1-4H3. The van der Waals surface area contributed by atoms with Gasteiger partial charge in [0.25, 0.3) is 0 Å². The van der Waals surface area contributed by atoms with Gasteiger partial charge in [0.2, 0.25) is 0 Å². The Morgan fingerprint density at radius 3 is 2.57 bits per heavy atom. The van der Waals surface area contributed by atoms with Crippen molar-refractivity contribution in [3.05, 3.63) is 58.4 Å². The number of aromatic nitrogens is 2. The second-order valence-electron chi connectivity index (χ2n) is 5.54. The first-order valence-corrected chi connectivity index (χ1v) is 7.78. The van der Waals surface area contributed by atoms with E-state index in [0.29, 0.717) is 0 Å². The molecule has 1 N–H and O–H groups in total. The molecule has 3 nitrogen and oxygen atoms in total. The molecule has 0 aliphatic carbocycles. The first kappa shape index (κ1) is 15.6. The number of benzene rings is 1. The molecule has 0 fully saturated rings. The predicted molar refractivity (Wildman–Crippen MR) is 87.5 cm³/mol. The summed E-state index contributed by atoms with van der Waals surface area (Å²) in [4.78, 5) is 0. The van der Waals surface area contributed by atoms with Gasteiger partial charge in [-0.1, -0.05) is 43.7 Å². The van der Waals surface area contributed by atoms with Crippen LogP contribution in [0.5, 0.6) is 0 Å². The van der Waals surface area contributed by atoms with E-state index in [1.807, 2.05) is 6.92 Å². The highest BCUT2D eigenvalue weighted by Gasteiger charge is 2.18. The van der Waals surface area contributed by atoms with Crippen LogP contribution in [0.2, 0.25) is 0 Å². The maximum atomic E-state index is 4.38. The molecule has 0 aliphatic heterocycles. The maximum absolute atomic E-state index is 4.38. The molecule has 3 heteroatoms. The lowest BCUT2D eigenvalue weighted by atomic mass is 9.95. The summed E-state index contributed by atoms with van der Waals surface area (Å²) in [5.74, 6) is 0. The Kier molecular flexibility index (Phi) is 5.45. The monoisotopic (exact) mass is 283 g/mol. The third kappa shape index (κ3) is 3.88. The third-order valence-corrected chi connectivity index (χ3v) is 3.65. The number of hydrogen-bond donors (Lipinski definition) is 1. The number of nitrogens with one attached hydrogen (secondary N) is 1. The molecule has 0 radical (unpaired) electrons. The maximum Gasteiger partial charge on any atom is 0.0679 e. The zero-order valence-corrected chi connectivity index (χ0v) is 13.5. The number of nitrogens with zero attached hydrogens (tertiary/aromatic N) is 2. The SMILES string of the molecule is CCCNC(c1cccc(C)c1)c1cc(C)nnc1CC. The fourth-order valence-corrected chi connectivity index (χ4v) is 2.60. The summed E-state index contributed by atoms with van der Waals surface area (Å²) >= 11 is 0. The summed E-state index contributed by atoms with van der Waals surface area (Å²) in [7, 11) is 0. The summed E-state index contributed by atoms with van der Waals surface area (Å²) in [6.45, 7) is 9.45. The summed E-state index contributed by atoms with van der Waals surface area (Å²) in [6, 6.07) is 11.1. The van der Waals surface area contributed by atoms with Gasteiger partial charge < -0.3 is 5.32 Å². The van der Waals surface area contributed by atoms with Crippen molar-refractivity contribution >= 4 is 0 Å². The predicted octanol–water partition coefficient (Wildman–Crippen LogP) is 3.74. The molecule has 1 aromatic heterocycles. The molecule has 0 amide bonds. The van der Waals surface area contributed by atoms with E-state index in [1.54, 1.807) is 0 Å². The molecule has 21 heavy (non-hydrogen) atoms. The van der Waals surface area contributed by atoms with Gasteiger partial charge in [-0.25, -0.2) is 0 Å². The normalized spacial score (nSPS) is 12.4. The van der Waals surface area contributed by atoms with Crippen LogP contribution in [0.15, 0.2) is 30.3 Å². The van der Waals surface area contributed by atoms with Gasteiger partial charge in [0.05, 0.1) is 17.4 Å². The van der Waals surface area contributed by atoms with Crippen LogP contribution in [0, 0.1) is 13.8 Å². The zero-order chi connectivity index (χ0) is 15.2. The molecule has 1 heterocycles. The molecule has 0 bridgehead atoms. The molecule has 1 atom stereocenters. The van der Waals surface area contributed by atoms with Crippen molar-refractivity contribution < 1.29 is 0 Å². The lowest BCUT2D eigenvalue weighted by Gasteiger charge is -2.22. The molecular formula is C18H25N3. The molecule has 1 aromatic carbocycles. The lowest BCUT2D eigenvalue weighted by molar-refractivity contribution is 0.588. The Bertz CT molecular complexity index is 593. The van der Waals surface area contributed by atoms with Crippen LogP contribution in [-0.4, -0.2) is 16.7 Å². The van der Waals surface area contributed by atoms with Gasteiger partial charge in [-0.2, -0.15) is 10.2 Å². The molecule has 0 saturated carbocycles. The van der Waals surface area contributed by atoms with Crippen molar-refractivity contribution in [3.8, 4) is 0 Å². The number of aryl methyl sites for hydroxylation is 3. The molecule has 0 aliphatic rings. The fraction of sp³-hybridized carbons (Fsp3) is 0.444. The molecule has 2 aromatic rings. The van der Waals surface area contributed by atoms with Gasteiger partial charge in [-0.15, -0.1) is 0 Å². The van der Waals surface area contributed by atoms with Gasteiger partial charge in [0.15, 0.2) is 0 Å². The molecular weight excluding hydrogens is 258 g/mol. The highest BCUT2D eigenvalue weighted by Crippen LogP contribution is 2.25. The van der Waals surface area contributed by atoms with E-state index in [0.717, 1.165) is 30.8 Å². The first-order chi connectivity index (χ1) is 10.2. The fourth-order valence-electron chi connectivity index (χ4n) is 2.60. The minimum Gasteiger partial charge on any atom is -0.306 e. The van der Waals surface area contributed by atoms with E-state index in [1.165, 1.54) is 16.7 Å². The topological polar surface area (TPSA) is 37.8 Å². The third-order valence-electron chi connectivity index (χ3n) is 3.65. The van der Waals surface area contributed by atoms with E-state index < -0.39 is 0 Å². The van der Waals surface area contributed by atoms with Crippen LogP contribution in [0.25, 0.3) is 0 Å². The average Bonchev–Trinajstić information content (AvgIpc) is 2.48. The molecule has 1 unspecified atom stereocenters. The number of rotatable bonds is 6. The second kappa shape index (κ2) is 7.32. The second-order valence-corrected chi connectivity index (χ2v) is 5.54. The van der Waals surface area contributed by atoms with Crippen LogP contribution in [0.3, 0.4) is 0 Å². The Hall–Kier alpha value is -1.74. The van der Waals surface area contributed by atoms with Crippen LogP contribution in [0.4, 0.5) is 0 Å². The van der Waals surface area contributed by atoms with Crippen LogP contribution in [0.1, 0.15) is 54.4 Å². The van der Waals surface area contributed by atoms with Crippen molar-refractivity contribution in [3.63, 3.8) is 0 Å². The van der Waals surface area contributed by atoms with Crippen LogP contribution >= 0.6 is 0 Å². The Morgan fingerprint density at radius 2 is 1.90 bits per heavy atom. The minimum atomic E-state index is 0.189. The van der Waals surface area contributed by atoms with E-state index >= 15 is 0 Å². The Morgan fingerprint density at radius 1 is 1.10 bits per heavy atom. The van der Waals surface area contributed by atoms with Gasteiger partial charge in [0.1, 0.15) is 0 Å². The van der Waals surface area contributed by atoms with Gasteiger partial charge in [0, 0.05) is 0 Å². The Labute approximate surface area is 127 Å². The summed E-state index contributed by atoms with van der Waals surface area (Å²) in [6.07, 6.45) is 2.01.